The van der Waals surface area contributed by atoms with Gasteiger partial charge >= 0.3 is 5.69 Å². The molecule has 0 fully saturated rings. The number of hydrogen-bond acceptors (Lipinski definition) is 6. The highest BCUT2D eigenvalue weighted by Crippen LogP contribution is 2.42. The van der Waals surface area contributed by atoms with E-state index in [1.165, 1.54) is 7.11 Å². The van der Waals surface area contributed by atoms with Crippen LogP contribution in [0.5, 0.6) is 11.5 Å². The van der Waals surface area contributed by atoms with E-state index in [0.717, 1.165) is 12.1 Å². The molecule has 0 radical (unpaired) electrons. The summed E-state index contributed by atoms with van der Waals surface area (Å²) < 4.78 is 32.5. The highest BCUT2D eigenvalue weighted by Gasteiger charge is 2.30. The molecular weight excluding hydrogens is 286 g/mol. The molecule has 7 nitrogen and oxygen atoms in total. The maximum atomic E-state index is 11.3. The van der Waals surface area contributed by atoms with Crippen molar-refractivity contribution in [2.75, 3.05) is 13.7 Å². The SMILES string of the molecule is CCOc1c(S(=O)(=O)Cl)ccc(OC)c1[N+](=O)[O-]. The standard InChI is InChI=1S/C9H10ClNO6S/c1-3-17-9-7(18(10,14)15)5-4-6(16-2)8(9)11(12)13/h4-5H,3H2,1-2H3. The van der Waals surface area contributed by atoms with Gasteiger partial charge in [0.25, 0.3) is 9.05 Å². The third-order valence-corrected chi connectivity index (χ3v) is 3.36. The third kappa shape index (κ3) is 2.82. The van der Waals surface area contributed by atoms with E-state index in [1.54, 1.807) is 6.92 Å². The van der Waals surface area contributed by atoms with Gasteiger partial charge in [-0.2, -0.15) is 0 Å². The van der Waals surface area contributed by atoms with Crippen LogP contribution in [0.4, 0.5) is 5.69 Å². The Morgan fingerprint density at radius 2 is 2.06 bits per heavy atom. The first-order valence-corrected chi connectivity index (χ1v) is 7.06. The first-order chi connectivity index (χ1) is 8.32. The average molecular weight is 296 g/mol. The Bertz CT molecular complexity index is 571. The van der Waals surface area contributed by atoms with Crippen LogP contribution < -0.4 is 9.47 Å². The second-order valence-electron chi connectivity index (χ2n) is 3.07. The molecule has 0 aromatic heterocycles. The average Bonchev–Trinajstić information content (AvgIpc) is 2.26. The number of nitrogens with zero attached hydrogens (tertiary/aromatic N) is 1. The maximum absolute atomic E-state index is 11.3. The van der Waals surface area contributed by atoms with Gasteiger partial charge in [-0.3, -0.25) is 10.1 Å². The Morgan fingerprint density at radius 3 is 2.44 bits per heavy atom. The van der Waals surface area contributed by atoms with Crippen LogP contribution in [0.15, 0.2) is 17.0 Å². The Labute approximate surface area is 108 Å². The Hall–Kier alpha value is -1.54. The summed E-state index contributed by atoms with van der Waals surface area (Å²) in [6.07, 6.45) is 0. The molecule has 0 saturated heterocycles. The maximum Gasteiger partial charge on any atom is 0.353 e. The first-order valence-electron chi connectivity index (χ1n) is 4.75. The smallest absolute Gasteiger partial charge is 0.353 e. The van der Waals surface area contributed by atoms with Crippen LogP contribution >= 0.6 is 10.7 Å². The van der Waals surface area contributed by atoms with E-state index in [9.17, 15) is 18.5 Å². The number of nitro groups is 1. The van der Waals surface area contributed by atoms with E-state index in [2.05, 4.69) is 0 Å². The summed E-state index contributed by atoms with van der Waals surface area (Å²) in [5.41, 5.74) is -0.568. The number of benzene rings is 1. The number of halogens is 1. The predicted molar refractivity (Wildman–Crippen MR) is 63.9 cm³/mol. The van der Waals surface area contributed by atoms with Crippen LogP contribution in [0.1, 0.15) is 6.92 Å². The van der Waals surface area contributed by atoms with Crippen molar-refractivity contribution in [3.05, 3.63) is 22.2 Å². The van der Waals surface area contributed by atoms with E-state index in [4.69, 9.17) is 20.2 Å². The van der Waals surface area contributed by atoms with Gasteiger partial charge in [0, 0.05) is 10.7 Å². The molecule has 0 unspecified atom stereocenters. The molecule has 1 rings (SSSR count). The molecule has 100 valence electrons. The zero-order valence-corrected chi connectivity index (χ0v) is 11.1. The molecular formula is C9H10ClNO6S. The second-order valence-corrected chi connectivity index (χ2v) is 5.61. The zero-order chi connectivity index (χ0) is 13.9. The number of nitro benzene ring substituents is 1. The van der Waals surface area contributed by atoms with Crippen LogP contribution in [0.3, 0.4) is 0 Å². The molecule has 1 aromatic rings. The van der Waals surface area contributed by atoms with Crippen molar-refractivity contribution in [2.24, 2.45) is 0 Å². The summed E-state index contributed by atoms with van der Waals surface area (Å²) in [6.45, 7) is 1.61. The molecule has 0 heterocycles. The van der Waals surface area contributed by atoms with Gasteiger partial charge in [-0.15, -0.1) is 0 Å². The van der Waals surface area contributed by atoms with Crippen molar-refractivity contribution >= 4 is 25.4 Å². The predicted octanol–water partition coefficient (Wildman–Crippen LogP) is 1.93. The first kappa shape index (κ1) is 14.5. The van der Waals surface area contributed by atoms with Crippen LogP contribution in [0, 0.1) is 10.1 Å². The Morgan fingerprint density at radius 1 is 1.44 bits per heavy atom. The van der Waals surface area contributed by atoms with Gasteiger partial charge in [0.05, 0.1) is 18.6 Å². The fourth-order valence-corrected chi connectivity index (χ4v) is 2.32. The molecule has 9 heteroatoms. The summed E-state index contributed by atoms with van der Waals surface area (Å²) in [6, 6.07) is 2.25. The topological polar surface area (TPSA) is 95.7 Å². The highest BCUT2D eigenvalue weighted by molar-refractivity contribution is 8.13. The summed E-state index contributed by atoms with van der Waals surface area (Å²) in [4.78, 5) is 9.72. The van der Waals surface area contributed by atoms with Crippen molar-refractivity contribution < 1.29 is 22.8 Å². The second kappa shape index (κ2) is 5.40. The lowest BCUT2D eigenvalue weighted by molar-refractivity contribution is -0.387. The molecule has 0 spiro atoms. The molecule has 0 N–H and O–H groups in total. The third-order valence-electron chi connectivity index (χ3n) is 2.01. The monoisotopic (exact) mass is 295 g/mol. The zero-order valence-electron chi connectivity index (χ0n) is 9.54. The van der Waals surface area contributed by atoms with E-state index in [0.29, 0.717) is 0 Å². The van der Waals surface area contributed by atoms with Gasteiger partial charge in [-0.05, 0) is 19.1 Å². The lowest BCUT2D eigenvalue weighted by Crippen LogP contribution is -2.05. The van der Waals surface area contributed by atoms with Gasteiger partial charge in [-0.25, -0.2) is 8.42 Å². The van der Waals surface area contributed by atoms with Crippen molar-refractivity contribution in [2.45, 2.75) is 11.8 Å². The van der Waals surface area contributed by atoms with Gasteiger partial charge in [0.1, 0.15) is 4.90 Å². The van der Waals surface area contributed by atoms with E-state index in [1.807, 2.05) is 0 Å². The van der Waals surface area contributed by atoms with E-state index >= 15 is 0 Å². The molecule has 0 atom stereocenters. The molecule has 0 saturated carbocycles. The van der Waals surface area contributed by atoms with Crippen molar-refractivity contribution in [3.8, 4) is 11.5 Å². The summed E-state index contributed by atoms with van der Waals surface area (Å²) >= 11 is 0. The van der Waals surface area contributed by atoms with Crippen LogP contribution in [0.2, 0.25) is 0 Å². The van der Waals surface area contributed by atoms with Crippen LogP contribution in [-0.4, -0.2) is 27.1 Å². The van der Waals surface area contributed by atoms with E-state index < -0.39 is 30.3 Å². The van der Waals surface area contributed by atoms with Crippen molar-refractivity contribution in [3.63, 3.8) is 0 Å². The normalized spacial score (nSPS) is 11.1. The lowest BCUT2D eigenvalue weighted by Gasteiger charge is -2.10. The number of hydrogen-bond donors (Lipinski definition) is 0. The Kier molecular flexibility index (Phi) is 4.36. The minimum atomic E-state index is -4.15. The van der Waals surface area contributed by atoms with Crippen LogP contribution in [-0.2, 0) is 9.05 Å². The molecule has 0 amide bonds. The lowest BCUT2D eigenvalue weighted by atomic mass is 10.2. The van der Waals surface area contributed by atoms with Crippen LogP contribution in [0.25, 0.3) is 0 Å². The molecule has 0 aliphatic carbocycles. The summed E-state index contributed by atoms with van der Waals surface area (Å²) in [5, 5.41) is 11.0. The van der Waals surface area contributed by atoms with Crippen molar-refractivity contribution in [1.29, 1.82) is 0 Å². The summed E-state index contributed by atoms with van der Waals surface area (Å²) in [5.74, 6) is -0.524. The minimum Gasteiger partial charge on any atom is -0.490 e. The van der Waals surface area contributed by atoms with Gasteiger partial charge in [0.2, 0.25) is 11.5 Å². The quantitative estimate of drug-likeness (QED) is 0.468. The van der Waals surface area contributed by atoms with Gasteiger partial charge in [0.15, 0.2) is 0 Å². The Balaban J connectivity index is 3.67. The number of rotatable bonds is 5. The fourth-order valence-electron chi connectivity index (χ4n) is 1.35. The molecule has 18 heavy (non-hydrogen) atoms. The highest BCUT2D eigenvalue weighted by atomic mass is 35.7. The molecule has 1 aromatic carbocycles. The fraction of sp³-hybridized carbons (Fsp3) is 0.333. The minimum absolute atomic E-state index is 0.0490. The molecule has 0 aliphatic rings. The molecule has 0 bridgehead atoms. The number of methoxy groups -OCH3 is 1. The number of ether oxygens (including phenoxy) is 2. The van der Waals surface area contributed by atoms with Gasteiger partial charge in [-0.1, -0.05) is 0 Å². The summed E-state index contributed by atoms with van der Waals surface area (Å²) in [7, 11) is 2.28. The van der Waals surface area contributed by atoms with Crippen molar-refractivity contribution in [1.82, 2.24) is 0 Å². The van der Waals surface area contributed by atoms with E-state index in [-0.39, 0.29) is 12.4 Å². The van der Waals surface area contributed by atoms with Gasteiger partial charge < -0.3 is 9.47 Å². The largest absolute Gasteiger partial charge is 0.490 e. The molecule has 0 aliphatic heterocycles.